The first-order valence-corrected chi connectivity index (χ1v) is 11.4. The Bertz CT molecular complexity index is 1070. The van der Waals surface area contributed by atoms with E-state index in [2.05, 4.69) is 61.0 Å². The molecule has 1 amide bonds. The molecule has 0 saturated heterocycles. The van der Waals surface area contributed by atoms with Gasteiger partial charge in [-0.15, -0.1) is 0 Å². The van der Waals surface area contributed by atoms with Crippen molar-refractivity contribution in [2.24, 2.45) is 0 Å². The summed E-state index contributed by atoms with van der Waals surface area (Å²) in [6, 6.07) is 10.2. The summed E-state index contributed by atoms with van der Waals surface area (Å²) in [5, 5.41) is 4.09. The molecule has 3 aromatic rings. The van der Waals surface area contributed by atoms with Crippen LogP contribution in [0.5, 0.6) is 0 Å². The van der Waals surface area contributed by atoms with Crippen LogP contribution in [0.2, 0.25) is 0 Å². The van der Waals surface area contributed by atoms with Gasteiger partial charge in [0.25, 0.3) is 0 Å². The molecule has 2 heterocycles. The minimum Gasteiger partial charge on any atom is -0.444 e. The molecule has 7 heteroatoms. The highest BCUT2D eigenvalue weighted by molar-refractivity contribution is 14.1. The van der Waals surface area contributed by atoms with Gasteiger partial charge in [-0.2, -0.15) is 0 Å². The lowest BCUT2D eigenvalue weighted by atomic mass is 9.72. The number of rotatable bonds is 3. The minimum atomic E-state index is -0.514. The fourth-order valence-electron chi connectivity index (χ4n) is 3.57. The molecule has 1 aliphatic rings. The number of pyridine rings is 1. The second kappa shape index (κ2) is 7.58. The van der Waals surface area contributed by atoms with Crippen LogP contribution in [0.25, 0.3) is 22.4 Å². The number of amides is 1. The third-order valence-corrected chi connectivity index (χ3v) is 6.60. The molecule has 1 aliphatic carbocycles. The number of carbonyl (C=O) groups is 1. The van der Waals surface area contributed by atoms with E-state index in [4.69, 9.17) is 9.15 Å². The lowest BCUT2D eigenvalue weighted by molar-refractivity contribution is 0.0377. The Morgan fingerprint density at radius 2 is 1.97 bits per heavy atom. The molecule has 0 atom stereocenters. The van der Waals surface area contributed by atoms with Crippen LogP contribution in [-0.2, 0) is 10.3 Å². The van der Waals surface area contributed by atoms with Crippen molar-refractivity contribution in [2.45, 2.75) is 51.2 Å². The van der Waals surface area contributed by atoms with Crippen LogP contribution >= 0.6 is 38.5 Å². The third-order valence-electron chi connectivity index (χ3n) is 5.10. The molecule has 1 fully saturated rings. The predicted molar refractivity (Wildman–Crippen MR) is 125 cm³/mol. The fourth-order valence-corrected chi connectivity index (χ4v) is 4.71. The molecule has 2 aromatic heterocycles. The quantitative estimate of drug-likeness (QED) is 0.354. The smallest absolute Gasteiger partial charge is 0.408 e. The van der Waals surface area contributed by atoms with Crippen molar-refractivity contribution in [1.82, 2.24) is 10.3 Å². The van der Waals surface area contributed by atoms with E-state index in [9.17, 15) is 4.79 Å². The van der Waals surface area contributed by atoms with Crippen LogP contribution in [-0.4, -0.2) is 16.7 Å². The summed E-state index contributed by atoms with van der Waals surface area (Å²) >= 11 is 5.76. The highest BCUT2D eigenvalue weighted by atomic mass is 127. The summed E-state index contributed by atoms with van der Waals surface area (Å²) in [6.07, 6.45) is 4.26. The summed E-state index contributed by atoms with van der Waals surface area (Å²) in [4.78, 5) is 16.7. The van der Waals surface area contributed by atoms with E-state index >= 15 is 0 Å². The van der Waals surface area contributed by atoms with Gasteiger partial charge in [0.2, 0.25) is 5.71 Å². The zero-order chi connectivity index (χ0) is 20.8. The maximum atomic E-state index is 12.3. The Labute approximate surface area is 191 Å². The molecule has 29 heavy (non-hydrogen) atoms. The number of hydrogen-bond donors (Lipinski definition) is 1. The molecule has 1 saturated carbocycles. The molecular weight excluding hydrogens is 547 g/mol. The summed E-state index contributed by atoms with van der Waals surface area (Å²) in [5.41, 5.74) is 1.83. The summed E-state index contributed by atoms with van der Waals surface area (Å²) in [7, 11) is 0. The van der Waals surface area contributed by atoms with Crippen LogP contribution in [0.4, 0.5) is 4.79 Å². The topological polar surface area (TPSA) is 64.4 Å². The molecule has 5 nitrogen and oxygen atoms in total. The lowest BCUT2D eigenvalue weighted by Gasteiger charge is -2.43. The predicted octanol–water partition coefficient (Wildman–Crippen LogP) is 6.77. The fraction of sp³-hybridized carbons (Fsp3) is 0.364. The molecule has 0 radical (unpaired) electrons. The van der Waals surface area contributed by atoms with Gasteiger partial charge < -0.3 is 14.5 Å². The van der Waals surface area contributed by atoms with Gasteiger partial charge in [-0.25, -0.2) is 9.78 Å². The summed E-state index contributed by atoms with van der Waals surface area (Å²) < 4.78 is 13.4. The van der Waals surface area contributed by atoms with Crippen LogP contribution < -0.4 is 5.32 Å². The maximum Gasteiger partial charge on any atom is 0.408 e. The highest BCUT2D eigenvalue weighted by Crippen LogP contribution is 2.42. The Balaban J connectivity index is 1.60. The van der Waals surface area contributed by atoms with E-state index in [0.717, 1.165) is 49.6 Å². The molecule has 0 aliphatic heterocycles. The van der Waals surface area contributed by atoms with Crippen LogP contribution in [0, 0.1) is 3.57 Å². The zero-order valence-corrected chi connectivity index (χ0v) is 20.3. The monoisotopic (exact) mass is 568 g/mol. The Morgan fingerprint density at radius 1 is 1.28 bits per heavy atom. The van der Waals surface area contributed by atoms with E-state index < -0.39 is 5.60 Å². The van der Waals surface area contributed by atoms with Gasteiger partial charge in [0, 0.05) is 16.2 Å². The first-order chi connectivity index (χ1) is 13.7. The second-order valence-corrected chi connectivity index (χ2v) is 10.4. The maximum absolute atomic E-state index is 12.3. The normalized spacial score (nSPS) is 15.8. The van der Waals surface area contributed by atoms with Crippen molar-refractivity contribution in [3.8, 4) is 11.3 Å². The first kappa shape index (κ1) is 20.7. The van der Waals surface area contributed by atoms with Crippen molar-refractivity contribution < 1.29 is 13.9 Å². The van der Waals surface area contributed by atoms with E-state index in [1.165, 1.54) is 0 Å². The number of furan rings is 1. The Morgan fingerprint density at radius 3 is 2.55 bits per heavy atom. The van der Waals surface area contributed by atoms with Gasteiger partial charge in [-0.05, 0) is 90.2 Å². The number of nitrogens with one attached hydrogen (secondary N) is 1. The number of benzene rings is 1. The number of halogens is 2. The molecule has 1 N–H and O–H groups in total. The number of alkyl carbamates (subject to hydrolysis) is 1. The molecule has 0 bridgehead atoms. The van der Waals surface area contributed by atoms with Crippen LogP contribution in [0.3, 0.4) is 0 Å². The van der Waals surface area contributed by atoms with Crippen molar-refractivity contribution in [3.63, 3.8) is 0 Å². The van der Waals surface area contributed by atoms with Crippen molar-refractivity contribution in [1.29, 1.82) is 0 Å². The SMILES string of the molecule is CC(C)(C)OC(=O)NC1(c2ccc(-c3oc4ncc(Br)cc4c3I)cc2)CCC1. The number of fused-ring (bicyclic) bond motifs is 1. The van der Waals surface area contributed by atoms with E-state index in [1.807, 2.05) is 39.0 Å². The summed E-state index contributed by atoms with van der Waals surface area (Å²) in [5.74, 6) is 0.806. The molecular formula is C22H22BrIN2O3. The average Bonchev–Trinajstić information content (AvgIpc) is 2.93. The average molecular weight is 569 g/mol. The number of carbonyl (C=O) groups excluding carboxylic acids is 1. The summed E-state index contributed by atoms with van der Waals surface area (Å²) in [6.45, 7) is 5.62. The van der Waals surface area contributed by atoms with E-state index in [-0.39, 0.29) is 11.6 Å². The van der Waals surface area contributed by atoms with E-state index in [1.54, 1.807) is 6.20 Å². The highest BCUT2D eigenvalue weighted by Gasteiger charge is 2.41. The first-order valence-electron chi connectivity index (χ1n) is 9.52. The van der Waals surface area contributed by atoms with Gasteiger partial charge in [0.15, 0.2) is 5.76 Å². The van der Waals surface area contributed by atoms with Crippen LogP contribution in [0.15, 0.2) is 45.4 Å². The molecule has 1 aromatic carbocycles. The van der Waals surface area contributed by atoms with Gasteiger partial charge in [0.05, 0.1) is 14.5 Å². The lowest BCUT2D eigenvalue weighted by Crippen LogP contribution is -2.52. The largest absolute Gasteiger partial charge is 0.444 e. The van der Waals surface area contributed by atoms with Gasteiger partial charge in [-0.1, -0.05) is 24.3 Å². The van der Waals surface area contributed by atoms with Gasteiger partial charge in [0.1, 0.15) is 5.60 Å². The van der Waals surface area contributed by atoms with Gasteiger partial charge in [-0.3, -0.25) is 0 Å². The second-order valence-electron chi connectivity index (χ2n) is 8.39. The number of ether oxygens (including phenoxy) is 1. The van der Waals surface area contributed by atoms with Crippen LogP contribution in [0.1, 0.15) is 45.6 Å². The Hall–Kier alpha value is -1.61. The molecule has 4 rings (SSSR count). The number of aromatic nitrogens is 1. The number of hydrogen-bond acceptors (Lipinski definition) is 4. The van der Waals surface area contributed by atoms with Crippen molar-refractivity contribution >= 4 is 55.7 Å². The third kappa shape index (κ3) is 4.17. The molecule has 152 valence electrons. The minimum absolute atomic E-state index is 0.353. The van der Waals surface area contributed by atoms with Crippen molar-refractivity contribution in [2.75, 3.05) is 0 Å². The van der Waals surface area contributed by atoms with Crippen molar-refractivity contribution in [3.05, 3.63) is 50.1 Å². The molecule has 0 spiro atoms. The standard InChI is InChI=1S/C22H22BrIN2O3/c1-21(2,3)29-20(27)26-22(9-4-10-22)14-7-5-13(6-8-14)18-17(24)16-11-15(23)12-25-19(16)28-18/h5-8,11-12H,4,9-10H2,1-3H3,(H,26,27). The van der Waals surface area contributed by atoms with E-state index in [0.29, 0.717) is 5.71 Å². The van der Waals surface area contributed by atoms with Gasteiger partial charge >= 0.3 is 6.09 Å². The molecule has 0 unspecified atom stereocenters. The zero-order valence-electron chi connectivity index (χ0n) is 16.5. The Kier molecular flexibility index (Phi) is 5.40. The number of nitrogens with zero attached hydrogens (tertiary/aromatic N) is 1.